The largest absolute Gasteiger partial charge is 0.463 e. The van der Waals surface area contributed by atoms with Crippen molar-refractivity contribution in [2.75, 3.05) is 13.1 Å². The average molecular weight is 367 g/mol. The van der Waals surface area contributed by atoms with Crippen molar-refractivity contribution in [1.29, 1.82) is 0 Å². The Morgan fingerprint density at radius 1 is 1.07 bits per heavy atom. The minimum absolute atomic E-state index is 0.0344. The Morgan fingerprint density at radius 2 is 1.78 bits per heavy atom. The van der Waals surface area contributed by atoms with Crippen molar-refractivity contribution in [3.8, 4) is 0 Å². The van der Waals surface area contributed by atoms with Crippen LogP contribution in [0.25, 0.3) is 21.9 Å². The van der Waals surface area contributed by atoms with E-state index in [1.807, 2.05) is 26.8 Å². The number of hydrogen-bond acceptors (Lipinski definition) is 5. The summed E-state index contributed by atoms with van der Waals surface area (Å²) in [5.41, 5.74) is 3.71. The van der Waals surface area contributed by atoms with E-state index in [1.165, 1.54) is 0 Å². The Bertz CT molecular complexity index is 1140. The second kappa shape index (κ2) is 6.37. The normalized spacial score (nSPS) is 15.1. The Hall–Kier alpha value is -2.89. The smallest absolute Gasteiger partial charge is 0.340 e. The molecule has 1 aliphatic heterocycles. The molecule has 3 heterocycles. The number of nitrogens with zero attached hydrogens (tertiary/aromatic N) is 1. The van der Waals surface area contributed by atoms with Crippen molar-refractivity contribution in [3.05, 3.63) is 45.0 Å². The van der Waals surface area contributed by atoms with Gasteiger partial charge in [0, 0.05) is 31.3 Å². The molecule has 3 aromatic rings. The topological polar surface area (TPSA) is 80.7 Å². The number of rotatable bonds is 2. The highest BCUT2D eigenvalue weighted by molar-refractivity contribution is 6.07. The van der Waals surface area contributed by atoms with Crippen molar-refractivity contribution >= 4 is 33.6 Å². The summed E-state index contributed by atoms with van der Waals surface area (Å²) in [6, 6.07) is 1.84. The first-order valence-corrected chi connectivity index (χ1v) is 9.10. The predicted octanol–water partition coefficient (Wildman–Crippen LogP) is 3.20. The van der Waals surface area contributed by atoms with Gasteiger partial charge >= 0.3 is 5.63 Å². The number of ketones is 1. The fourth-order valence-electron chi connectivity index (χ4n) is 3.95. The van der Waals surface area contributed by atoms with Gasteiger partial charge in [-0.1, -0.05) is 0 Å². The molecule has 2 aromatic heterocycles. The van der Waals surface area contributed by atoms with Crippen molar-refractivity contribution in [2.45, 2.75) is 40.0 Å². The van der Waals surface area contributed by atoms with Gasteiger partial charge in [-0.25, -0.2) is 4.79 Å². The van der Waals surface area contributed by atoms with Crippen LogP contribution in [0.2, 0.25) is 0 Å². The van der Waals surface area contributed by atoms with Crippen LogP contribution in [0, 0.1) is 20.8 Å². The van der Waals surface area contributed by atoms with E-state index in [9.17, 15) is 14.4 Å². The van der Waals surface area contributed by atoms with Gasteiger partial charge in [0.1, 0.15) is 16.9 Å². The van der Waals surface area contributed by atoms with E-state index in [0.717, 1.165) is 21.9 Å². The fraction of sp³-hybridized carbons (Fsp3) is 0.381. The highest BCUT2D eigenvalue weighted by Crippen LogP contribution is 2.34. The first kappa shape index (κ1) is 17.5. The van der Waals surface area contributed by atoms with Gasteiger partial charge in [0.2, 0.25) is 5.91 Å². The Morgan fingerprint density at radius 3 is 2.48 bits per heavy atom. The molecule has 1 amide bonds. The van der Waals surface area contributed by atoms with E-state index in [4.69, 9.17) is 8.83 Å². The zero-order valence-corrected chi connectivity index (χ0v) is 15.7. The molecule has 1 saturated heterocycles. The average Bonchev–Trinajstić information content (AvgIpc) is 3.01. The molecule has 0 radical (unpaired) electrons. The van der Waals surface area contributed by atoms with E-state index in [-0.39, 0.29) is 18.1 Å². The molecule has 4 rings (SSSR count). The molecular weight excluding hydrogens is 346 g/mol. The lowest BCUT2D eigenvalue weighted by atomic mass is 9.98. The summed E-state index contributed by atoms with van der Waals surface area (Å²) in [6.07, 6.45) is 2.41. The summed E-state index contributed by atoms with van der Waals surface area (Å²) in [4.78, 5) is 38.2. The molecule has 0 unspecified atom stereocenters. The molecule has 0 N–H and O–H groups in total. The van der Waals surface area contributed by atoms with Gasteiger partial charge in [-0.3, -0.25) is 9.59 Å². The molecule has 0 aliphatic carbocycles. The van der Waals surface area contributed by atoms with Gasteiger partial charge in [0.05, 0.1) is 23.6 Å². The lowest BCUT2D eigenvalue weighted by Crippen LogP contribution is -2.40. The molecule has 0 atom stereocenters. The molecule has 1 fully saturated rings. The zero-order chi connectivity index (χ0) is 19.3. The molecule has 27 heavy (non-hydrogen) atoms. The number of Topliss-reactive ketones (excluding diaryl/α,β-unsaturated/α-hetero) is 1. The first-order chi connectivity index (χ1) is 12.9. The molecular formula is C21H21NO5. The highest BCUT2D eigenvalue weighted by Gasteiger charge is 2.24. The van der Waals surface area contributed by atoms with Gasteiger partial charge in [-0.2, -0.15) is 0 Å². The third-order valence-electron chi connectivity index (χ3n) is 5.47. The van der Waals surface area contributed by atoms with Gasteiger partial charge < -0.3 is 13.7 Å². The van der Waals surface area contributed by atoms with Crippen LogP contribution in [0.3, 0.4) is 0 Å². The second-order valence-electron chi connectivity index (χ2n) is 7.28. The summed E-state index contributed by atoms with van der Waals surface area (Å²) in [6.45, 7) is 6.58. The van der Waals surface area contributed by atoms with Crippen LogP contribution >= 0.6 is 0 Å². The Kier molecular flexibility index (Phi) is 4.13. The SMILES string of the molecule is Cc1coc2c1c(C)cc1oc(=O)c(CC(=O)N3CCC(=O)CC3)c(C)c12. The van der Waals surface area contributed by atoms with Crippen molar-refractivity contribution in [1.82, 2.24) is 4.90 Å². The van der Waals surface area contributed by atoms with Gasteiger partial charge in [0.15, 0.2) is 0 Å². The number of amides is 1. The van der Waals surface area contributed by atoms with Crippen LogP contribution in [0.5, 0.6) is 0 Å². The maximum Gasteiger partial charge on any atom is 0.340 e. The second-order valence-corrected chi connectivity index (χ2v) is 7.28. The number of carbonyl (C=O) groups is 2. The van der Waals surface area contributed by atoms with Crippen LogP contribution in [0.4, 0.5) is 0 Å². The maximum atomic E-state index is 12.6. The standard InChI is InChI=1S/C21H21NO5/c1-11-8-16-19(20-18(11)12(2)10-26-20)13(3)15(21(25)27-16)9-17(24)22-6-4-14(23)5-7-22/h8,10H,4-7,9H2,1-3H3. The van der Waals surface area contributed by atoms with Crippen LogP contribution in [-0.4, -0.2) is 29.7 Å². The number of aryl methyl sites for hydroxylation is 3. The summed E-state index contributed by atoms with van der Waals surface area (Å²) in [7, 11) is 0. The van der Waals surface area contributed by atoms with Crippen LogP contribution < -0.4 is 5.63 Å². The number of piperidine rings is 1. The van der Waals surface area contributed by atoms with Gasteiger partial charge in [0.25, 0.3) is 0 Å². The minimum atomic E-state index is -0.497. The molecule has 0 saturated carbocycles. The summed E-state index contributed by atoms with van der Waals surface area (Å²) < 4.78 is 11.3. The number of furan rings is 1. The molecule has 6 nitrogen and oxygen atoms in total. The summed E-state index contributed by atoms with van der Waals surface area (Å²) in [5, 5.41) is 1.74. The molecule has 1 aromatic carbocycles. The minimum Gasteiger partial charge on any atom is -0.463 e. The first-order valence-electron chi connectivity index (χ1n) is 9.10. The molecule has 1 aliphatic rings. The van der Waals surface area contributed by atoms with Gasteiger partial charge in [-0.05, 0) is 43.5 Å². The number of carbonyl (C=O) groups excluding carboxylic acids is 2. The molecule has 0 bridgehead atoms. The summed E-state index contributed by atoms with van der Waals surface area (Å²) in [5.74, 6) is 0.0163. The third-order valence-corrected chi connectivity index (χ3v) is 5.47. The van der Waals surface area contributed by atoms with Gasteiger partial charge in [-0.15, -0.1) is 0 Å². The predicted molar refractivity (Wildman–Crippen MR) is 101 cm³/mol. The van der Waals surface area contributed by atoms with Crippen molar-refractivity contribution < 1.29 is 18.4 Å². The van der Waals surface area contributed by atoms with E-state index < -0.39 is 5.63 Å². The lowest BCUT2D eigenvalue weighted by molar-refractivity contribution is -0.133. The monoisotopic (exact) mass is 367 g/mol. The van der Waals surface area contributed by atoms with Crippen molar-refractivity contribution in [2.24, 2.45) is 0 Å². The Labute approximate surface area is 155 Å². The van der Waals surface area contributed by atoms with Crippen molar-refractivity contribution in [3.63, 3.8) is 0 Å². The third kappa shape index (κ3) is 2.85. The highest BCUT2D eigenvalue weighted by atomic mass is 16.4. The number of likely N-dealkylation sites (tertiary alicyclic amines) is 1. The van der Waals surface area contributed by atoms with E-state index in [1.54, 1.807) is 11.2 Å². The zero-order valence-electron chi connectivity index (χ0n) is 15.7. The van der Waals surface area contributed by atoms with Crippen LogP contribution in [-0.2, 0) is 16.0 Å². The lowest BCUT2D eigenvalue weighted by Gasteiger charge is -2.26. The number of benzene rings is 1. The molecule has 6 heteroatoms. The van der Waals surface area contributed by atoms with Crippen LogP contribution in [0.1, 0.15) is 35.1 Å². The number of hydrogen-bond donors (Lipinski definition) is 0. The molecule has 140 valence electrons. The van der Waals surface area contributed by atoms with E-state index in [2.05, 4.69) is 0 Å². The van der Waals surface area contributed by atoms with Crippen LogP contribution in [0.15, 0.2) is 26.0 Å². The Balaban J connectivity index is 1.80. The quantitative estimate of drug-likeness (QED) is 0.650. The molecule has 0 spiro atoms. The van der Waals surface area contributed by atoms with E-state index in [0.29, 0.717) is 48.2 Å². The fourth-order valence-corrected chi connectivity index (χ4v) is 3.95. The summed E-state index contributed by atoms with van der Waals surface area (Å²) >= 11 is 0. The van der Waals surface area contributed by atoms with E-state index >= 15 is 0 Å². The number of fused-ring (bicyclic) bond motifs is 3. The maximum absolute atomic E-state index is 12.6.